The third kappa shape index (κ3) is 6.37. The zero-order chi connectivity index (χ0) is 22.7. The van der Waals surface area contributed by atoms with Gasteiger partial charge in [-0.1, -0.05) is 58.9 Å². The molecule has 2 N–H and O–H groups in total. The van der Waals surface area contributed by atoms with Crippen molar-refractivity contribution in [1.82, 2.24) is 5.32 Å². The van der Waals surface area contributed by atoms with Crippen LogP contribution < -0.4 is 10.6 Å². The van der Waals surface area contributed by atoms with Gasteiger partial charge in [-0.25, -0.2) is 12.8 Å². The van der Waals surface area contributed by atoms with Gasteiger partial charge in [0, 0.05) is 12.3 Å². The first-order chi connectivity index (χ1) is 13.8. The van der Waals surface area contributed by atoms with Gasteiger partial charge in [0.25, 0.3) is 0 Å². The Balaban J connectivity index is 2.09. The fourth-order valence-corrected chi connectivity index (χ4v) is 3.80. The molecule has 0 aliphatic carbocycles. The van der Waals surface area contributed by atoms with Crippen LogP contribution in [0.25, 0.3) is 0 Å². The van der Waals surface area contributed by atoms with E-state index >= 15 is 0 Å². The molecular weight excluding hydrogens is 403 g/mol. The molecule has 2 rings (SSSR count). The van der Waals surface area contributed by atoms with Crippen LogP contribution in [0.5, 0.6) is 0 Å². The Bertz CT molecular complexity index is 994. The molecule has 0 saturated carbocycles. The van der Waals surface area contributed by atoms with Crippen LogP contribution in [-0.2, 0) is 20.0 Å². The molecule has 164 valence electrons. The van der Waals surface area contributed by atoms with Crippen LogP contribution in [0, 0.1) is 11.7 Å². The Morgan fingerprint density at radius 1 is 1.07 bits per heavy atom. The zero-order valence-corrected chi connectivity index (χ0v) is 19.2. The van der Waals surface area contributed by atoms with Crippen molar-refractivity contribution in [2.75, 3.05) is 18.1 Å². The fourth-order valence-electron chi connectivity index (χ4n) is 3.16. The number of carbonyl (C=O) groups excluding carboxylic acids is 1. The van der Waals surface area contributed by atoms with Crippen LogP contribution >= 0.6 is 0 Å². The van der Waals surface area contributed by atoms with Crippen molar-refractivity contribution < 1.29 is 17.6 Å². The molecule has 0 heterocycles. The van der Waals surface area contributed by atoms with Gasteiger partial charge in [0.2, 0.25) is 5.91 Å². The van der Waals surface area contributed by atoms with Crippen molar-refractivity contribution in [3.63, 3.8) is 0 Å². The second-order valence-corrected chi connectivity index (χ2v) is 11.0. The number of hydrogen-bond acceptors (Lipinski definition) is 4. The minimum Gasteiger partial charge on any atom is -0.322 e. The van der Waals surface area contributed by atoms with Gasteiger partial charge >= 0.3 is 0 Å². The van der Waals surface area contributed by atoms with E-state index in [1.165, 1.54) is 11.6 Å². The molecule has 0 aliphatic rings. The number of amides is 1. The highest BCUT2D eigenvalue weighted by molar-refractivity contribution is 7.90. The smallest absolute Gasteiger partial charge is 0.238 e. The zero-order valence-electron chi connectivity index (χ0n) is 18.4. The molecule has 0 aliphatic heterocycles. The van der Waals surface area contributed by atoms with E-state index in [0.717, 1.165) is 24.0 Å². The molecule has 0 aromatic heterocycles. The molecule has 0 fully saturated rings. The molecule has 1 atom stereocenters. The predicted molar refractivity (Wildman–Crippen MR) is 119 cm³/mol. The van der Waals surface area contributed by atoms with Gasteiger partial charge in [-0.05, 0) is 40.7 Å². The van der Waals surface area contributed by atoms with Gasteiger partial charge in [0.15, 0.2) is 9.84 Å². The normalized spacial score (nSPS) is 13.3. The Hall–Kier alpha value is -2.25. The van der Waals surface area contributed by atoms with Crippen molar-refractivity contribution in [3.8, 4) is 0 Å². The molecule has 0 radical (unpaired) electrons. The van der Waals surface area contributed by atoms with E-state index in [0.29, 0.717) is 0 Å². The molecule has 0 saturated heterocycles. The molecular formula is C23H31FN2O3S. The first-order valence-electron chi connectivity index (χ1n) is 9.92. The molecule has 2 aromatic rings. The maximum Gasteiger partial charge on any atom is 0.238 e. The lowest BCUT2D eigenvalue weighted by Gasteiger charge is -2.25. The highest BCUT2D eigenvalue weighted by Gasteiger charge is 2.19. The van der Waals surface area contributed by atoms with Gasteiger partial charge in [-0.3, -0.25) is 4.79 Å². The lowest BCUT2D eigenvalue weighted by atomic mass is 9.85. The number of rotatable bonds is 7. The topological polar surface area (TPSA) is 75.3 Å². The molecule has 30 heavy (non-hydrogen) atoms. The standard InChI is InChI=1S/C23H31FN2O3S/c1-15(2)22(16-7-9-17(10-8-16)23(3,4)5)25-14-21(27)26-20-13-18(30(6,28)29)11-12-19(20)24/h7-13,15,22,25H,14H2,1-6H3,(H,26,27). The second-order valence-electron chi connectivity index (χ2n) is 8.94. The Labute approximate surface area is 179 Å². The van der Waals surface area contributed by atoms with Crippen LogP contribution in [0.3, 0.4) is 0 Å². The van der Waals surface area contributed by atoms with Gasteiger partial charge < -0.3 is 10.6 Å². The second kappa shape index (κ2) is 9.27. The van der Waals surface area contributed by atoms with E-state index in [1.807, 2.05) is 0 Å². The number of benzene rings is 2. The summed E-state index contributed by atoms with van der Waals surface area (Å²) in [5, 5.41) is 5.68. The van der Waals surface area contributed by atoms with E-state index in [4.69, 9.17) is 0 Å². The minimum atomic E-state index is -3.50. The predicted octanol–water partition coefficient (Wildman–Crippen LogP) is 4.45. The Morgan fingerprint density at radius 3 is 2.17 bits per heavy atom. The van der Waals surface area contributed by atoms with Crippen LogP contribution in [0.15, 0.2) is 47.4 Å². The highest BCUT2D eigenvalue weighted by Crippen LogP contribution is 2.27. The summed E-state index contributed by atoms with van der Waals surface area (Å²) in [5.41, 5.74) is 2.20. The highest BCUT2D eigenvalue weighted by atomic mass is 32.2. The van der Waals surface area contributed by atoms with Crippen molar-refractivity contribution in [2.45, 2.75) is 51.0 Å². The average Bonchev–Trinajstić information content (AvgIpc) is 2.62. The number of sulfone groups is 1. The number of anilines is 1. The van der Waals surface area contributed by atoms with Crippen LogP contribution in [0.1, 0.15) is 51.8 Å². The summed E-state index contributed by atoms with van der Waals surface area (Å²) in [7, 11) is -3.50. The maximum absolute atomic E-state index is 14.0. The maximum atomic E-state index is 14.0. The summed E-state index contributed by atoms with van der Waals surface area (Å²) in [6.07, 6.45) is 1.03. The van der Waals surface area contributed by atoms with E-state index in [9.17, 15) is 17.6 Å². The third-order valence-corrected chi connectivity index (χ3v) is 6.04. The van der Waals surface area contributed by atoms with E-state index < -0.39 is 21.6 Å². The van der Waals surface area contributed by atoms with Gasteiger partial charge in [0.05, 0.1) is 17.1 Å². The Morgan fingerprint density at radius 2 is 1.67 bits per heavy atom. The molecule has 7 heteroatoms. The van der Waals surface area contributed by atoms with Crippen molar-refractivity contribution in [2.24, 2.45) is 5.92 Å². The quantitative estimate of drug-likeness (QED) is 0.631. The molecule has 5 nitrogen and oxygen atoms in total. The van der Waals surface area contributed by atoms with E-state index in [-0.39, 0.29) is 34.5 Å². The largest absolute Gasteiger partial charge is 0.322 e. The van der Waals surface area contributed by atoms with Crippen molar-refractivity contribution in [3.05, 3.63) is 59.4 Å². The average molecular weight is 435 g/mol. The SMILES string of the molecule is CC(C)C(NCC(=O)Nc1cc(S(C)(=O)=O)ccc1F)c1ccc(C(C)(C)C)cc1. The van der Waals surface area contributed by atoms with E-state index in [2.05, 4.69) is 69.5 Å². The van der Waals surface area contributed by atoms with Crippen LogP contribution in [0.2, 0.25) is 0 Å². The first-order valence-corrected chi connectivity index (χ1v) is 11.8. The number of carbonyl (C=O) groups is 1. The molecule has 1 unspecified atom stereocenters. The number of halogens is 1. The number of nitrogens with one attached hydrogen (secondary N) is 2. The van der Waals surface area contributed by atoms with Crippen molar-refractivity contribution in [1.29, 1.82) is 0 Å². The van der Waals surface area contributed by atoms with Gasteiger partial charge in [-0.15, -0.1) is 0 Å². The summed E-state index contributed by atoms with van der Waals surface area (Å²) in [6.45, 7) is 10.5. The van der Waals surface area contributed by atoms with Crippen molar-refractivity contribution >= 4 is 21.4 Å². The lowest BCUT2D eigenvalue weighted by molar-refractivity contribution is -0.115. The van der Waals surface area contributed by atoms with Crippen LogP contribution in [-0.4, -0.2) is 27.1 Å². The third-order valence-electron chi connectivity index (χ3n) is 4.93. The summed E-state index contributed by atoms with van der Waals surface area (Å²) < 4.78 is 37.3. The summed E-state index contributed by atoms with van der Waals surface area (Å²) >= 11 is 0. The molecule has 0 spiro atoms. The summed E-state index contributed by atoms with van der Waals surface area (Å²) in [4.78, 5) is 12.3. The molecule has 2 aromatic carbocycles. The summed E-state index contributed by atoms with van der Waals surface area (Å²) in [5.74, 6) is -0.908. The molecule has 1 amide bonds. The van der Waals surface area contributed by atoms with E-state index in [1.54, 1.807) is 0 Å². The molecule has 0 bridgehead atoms. The summed E-state index contributed by atoms with van der Waals surface area (Å²) in [6, 6.07) is 11.6. The lowest BCUT2D eigenvalue weighted by Crippen LogP contribution is -2.34. The van der Waals surface area contributed by atoms with Gasteiger partial charge in [0.1, 0.15) is 5.82 Å². The number of hydrogen-bond donors (Lipinski definition) is 2. The first kappa shape index (κ1) is 24.0. The monoisotopic (exact) mass is 434 g/mol. The Kier molecular flexibility index (Phi) is 7.42. The van der Waals surface area contributed by atoms with Crippen LogP contribution in [0.4, 0.5) is 10.1 Å². The van der Waals surface area contributed by atoms with Gasteiger partial charge in [-0.2, -0.15) is 0 Å². The fraction of sp³-hybridized carbons (Fsp3) is 0.435. The minimum absolute atomic E-state index is 0.0353.